The van der Waals surface area contributed by atoms with Gasteiger partial charge in [0.2, 0.25) is 0 Å². The normalized spacial score (nSPS) is 10.7. The molecule has 0 spiro atoms. The van der Waals surface area contributed by atoms with Crippen LogP contribution in [0.3, 0.4) is 0 Å². The number of aryl methyl sites for hydroxylation is 1. The third-order valence-corrected chi connectivity index (χ3v) is 6.93. The zero-order valence-electron chi connectivity index (χ0n) is 20.6. The summed E-state index contributed by atoms with van der Waals surface area (Å²) in [6, 6.07) is 27.2. The Hall–Kier alpha value is -5.01. The summed E-state index contributed by atoms with van der Waals surface area (Å²) >= 11 is 1.36. The first kappa shape index (κ1) is 25.6. The summed E-state index contributed by atoms with van der Waals surface area (Å²) in [7, 11) is 0. The summed E-state index contributed by atoms with van der Waals surface area (Å²) in [5.41, 5.74) is 5.06. The first-order valence-electron chi connectivity index (χ1n) is 12.1. The number of aliphatic carboxylic acids is 1. The Kier molecular flexibility index (Phi) is 7.61. The predicted octanol–water partition coefficient (Wildman–Crippen LogP) is 4.87. The van der Waals surface area contributed by atoms with Crippen LogP contribution in [0, 0.1) is 11.3 Å². The summed E-state index contributed by atoms with van der Waals surface area (Å²) < 4.78 is 1.60. The summed E-state index contributed by atoms with van der Waals surface area (Å²) in [6.07, 6.45) is 2.03. The number of carboxylic acids is 1. The molecule has 0 amide bonds. The smallest absolute Gasteiger partial charge is 0.303 e. The van der Waals surface area contributed by atoms with Crippen molar-refractivity contribution >= 4 is 17.7 Å². The van der Waals surface area contributed by atoms with Crippen LogP contribution in [0.1, 0.15) is 23.2 Å². The highest BCUT2D eigenvalue weighted by Gasteiger charge is 2.14. The lowest BCUT2D eigenvalue weighted by molar-refractivity contribution is -0.136. The third-order valence-electron chi connectivity index (χ3n) is 5.99. The number of rotatable bonds is 9. The average Bonchev–Trinajstić information content (AvgIpc) is 3.45. The van der Waals surface area contributed by atoms with Crippen molar-refractivity contribution in [1.29, 1.82) is 5.26 Å². The van der Waals surface area contributed by atoms with Gasteiger partial charge in [-0.3, -0.25) is 9.59 Å². The molecule has 39 heavy (non-hydrogen) atoms. The predicted molar refractivity (Wildman–Crippen MR) is 147 cm³/mol. The number of hydrogen-bond donors (Lipinski definition) is 2. The van der Waals surface area contributed by atoms with Crippen molar-refractivity contribution < 1.29 is 9.90 Å². The molecule has 10 heteroatoms. The van der Waals surface area contributed by atoms with Crippen LogP contribution in [0.25, 0.3) is 28.1 Å². The minimum Gasteiger partial charge on any atom is -0.481 e. The number of benzene rings is 3. The van der Waals surface area contributed by atoms with E-state index in [1.807, 2.05) is 84.9 Å². The molecule has 0 aliphatic carbocycles. The SMILES string of the molecule is N#Cc1c(-c2ccc(-c3ccccc3)cc2)nc(SCc2ccc(-n3cc(CCC(=O)O)nn3)cc2)[nH]c1=O. The fourth-order valence-corrected chi connectivity index (χ4v) is 4.77. The highest BCUT2D eigenvalue weighted by atomic mass is 32.2. The average molecular weight is 535 g/mol. The lowest BCUT2D eigenvalue weighted by Gasteiger charge is -2.08. The number of hydrogen-bond acceptors (Lipinski definition) is 7. The number of nitriles is 1. The van der Waals surface area contributed by atoms with Gasteiger partial charge in [-0.25, -0.2) is 9.67 Å². The fraction of sp³-hybridized carbons (Fsp3) is 0.103. The number of thioether (sulfide) groups is 1. The molecule has 3 aromatic carbocycles. The first-order chi connectivity index (χ1) is 19.0. The van der Waals surface area contributed by atoms with E-state index in [0.29, 0.717) is 34.3 Å². The number of nitrogens with zero attached hydrogens (tertiary/aromatic N) is 5. The number of carbonyl (C=O) groups is 1. The summed E-state index contributed by atoms with van der Waals surface area (Å²) in [6.45, 7) is 0. The van der Waals surface area contributed by atoms with Gasteiger partial charge in [-0.1, -0.05) is 83.7 Å². The quantitative estimate of drug-likeness (QED) is 0.202. The molecule has 0 saturated carbocycles. The van der Waals surface area contributed by atoms with Gasteiger partial charge in [-0.2, -0.15) is 5.26 Å². The number of carboxylic acid groups (broad SMARTS) is 1. The van der Waals surface area contributed by atoms with Crippen LogP contribution >= 0.6 is 11.8 Å². The fourth-order valence-electron chi connectivity index (χ4n) is 3.96. The number of aromatic nitrogens is 5. The molecule has 0 unspecified atom stereocenters. The van der Waals surface area contributed by atoms with Crippen molar-refractivity contribution in [3.8, 4) is 34.1 Å². The van der Waals surface area contributed by atoms with Crippen molar-refractivity contribution in [3.63, 3.8) is 0 Å². The molecule has 0 aliphatic rings. The zero-order chi connectivity index (χ0) is 27.2. The Balaban J connectivity index is 1.30. The molecule has 0 fully saturated rings. The third kappa shape index (κ3) is 6.11. The maximum atomic E-state index is 12.7. The van der Waals surface area contributed by atoms with E-state index in [1.54, 1.807) is 10.9 Å². The Morgan fingerprint density at radius 3 is 2.36 bits per heavy atom. The maximum absolute atomic E-state index is 12.7. The van der Waals surface area contributed by atoms with Gasteiger partial charge < -0.3 is 10.1 Å². The zero-order valence-corrected chi connectivity index (χ0v) is 21.4. The minimum absolute atomic E-state index is 0.00103. The summed E-state index contributed by atoms with van der Waals surface area (Å²) in [4.78, 5) is 30.8. The highest BCUT2D eigenvalue weighted by Crippen LogP contribution is 2.27. The van der Waals surface area contributed by atoms with Crippen LogP contribution in [-0.2, 0) is 17.0 Å². The molecular formula is C29H22N6O3S. The molecule has 0 saturated heterocycles. The Bertz CT molecular complexity index is 1710. The highest BCUT2D eigenvalue weighted by molar-refractivity contribution is 7.98. The molecule has 192 valence electrons. The molecule has 0 aliphatic heterocycles. The molecular weight excluding hydrogens is 512 g/mol. The van der Waals surface area contributed by atoms with Crippen LogP contribution in [0.2, 0.25) is 0 Å². The van der Waals surface area contributed by atoms with Gasteiger partial charge >= 0.3 is 5.97 Å². The van der Waals surface area contributed by atoms with Gasteiger partial charge in [-0.15, -0.1) is 5.10 Å². The molecule has 5 rings (SSSR count). The van der Waals surface area contributed by atoms with E-state index in [4.69, 9.17) is 5.11 Å². The molecule has 9 nitrogen and oxygen atoms in total. The van der Waals surface area contributed by atoms with Gasteiger partial charge in [0.05, 0.1) is 29.7 Å². The standard InChI is InChI=1S/C29H22N6O3S/c30-16-25-27(22-10-8-21(9-11-22)20-4-2-1-3-5-20)31-29(32-28(25)38)39-18-19-6-13-24(14-7-19)35-17-23(33-34-35)12-15-26(36)37/h1-11,13-14,17H,12,15,18H2,(H,36,37)(H,31,32,38). The minimum atomic E-state index is -0.877. The van der Waals surface area contributed by atoms with Gasteiger partial charge in [-0.05, 0) is 28.8 Å². The molecule has 2 N–H and O–H groups in total. The maximum Gasteiger partial charge on any atom is 0.303 e. The van der Waals surface area contributed by atoms with Crippen LogP contribution < -0.4 is 5.56 Å². The molecule has 2 aromatic heterocycles. The molecule has 2 heterocycles. The second kappa shape index (κ2) is 11.6. The second-order valence-electron chi connectivity index (χ2n) is 8.65. The van der Waals surface area contributed by atoms with Gasteiger partial charge in [0.1, 0.15) is 11.6 Å². The van der Waals surface area contributed by atoms with Crippen LogP contribution in [-0.4, -0.2) is 36.0 Å². The van der Waals surface area contributed by atoms with Crippen molar-refractivity contribution in [1.82, 2.24) is 25.0 Å². The van der Waals surface area contributed by atoms with Gasteiger partial charge in [0.25, 0.3) is 5.56 Å². The topological polar surface area (TPSA) is 138 Å². The van der Waals surface area contributed by atoms with Crippen LogP contribution in [0.15, 0.2) is 95.0 Å². The molecule has 0 atom stereocenters. The van der Waals surface area contributed by atoms with Gasteiger partial charge in [0.15, 0.2) is 5.16 Å². The number of H-pyrrole nitrogens is 1. The first-order valence-corrected chi connectivity index (χ1v) is 13.0. The largest absolute Gasteiger partial charge is 0.481 e. The van der Waals surface area contributed by atoms with Crippen LogP contribution in [0.5, 0.6) is 0 Å². The second-order valence-corrected chi connectivity index (χ2v) is 9.62. The molecule has 0 radical (unpaired) electrons. The molecule has 0 bridgehead atoms. The number of aromatic amines is 1. The Morgan fingerprint density at radius 2 is 1.67 bits per heavy atom. The van der Waals surface area contributed by atoms with E-state index in [-0.39, 0.29) is 12.0 Å². The Labute approximate surface area is 227 Å². The lowest BCUT2D eigenvalue weighted by atomic mass is 10.0. The summed E-state index contributed by atoms with van der Waals surface area (Å²) in [5.74, 6) is -0.333. The Morgan fingerprint density at radius 1 is 0.974 bits per heavy atom. The molecule has 5 aromatic rings. The monoisotopic (exact) mass is 534 g/mol. The van der Waals surface area contributed by atoms with Crippen molar-refractivity contribution in [3.05, 3.63) is 112 Å². The van der Waals surface area contributed by atoms with E-state index >= 15 is 0 Å². The van der Waals surface area contributed by atoms with Gasteiger partial charge in [0, 0.05) is 17.7 Å². The van der Waals surface area contributed by atoms with E-state index in [9.17, 15) is 14.9 Å². The lowest BCUT2D eigenvalue weighted by Crippen LogP contribution is -2.14. The van der Waals surface area contributed by atoms with Crippen molar-refractivity contribution in [2.75, 3.05) is 0 Å². The summed E-state index contributed by atoms with van der Waals surface area (Å²) in [5, 5.41) is 27.0. The van der Waals surface area contributed by atoms with E-state index in [1.165, 1.54) is 11.8 Å². The van der Waals surface area contributed by atoms with E-state index < -0.39 is 11.5 Å². The van der Waals surface area contributed by atoms with E-state index in [2.05, 4.69) is 20.3 Å². The van der Waals surface area contributed by atoms with Crippen LogP contribution in [0.4, 0.5) is 0 Å². The van der Waals surface area contributed by atoms with Crippen molar-refractivity contribution in [2.24, 2.45) is 0 Å². The van der Waals surface area contributed by atoms with Crippen molar-refractivity contribution in [2.45, 2.75) is 23.8 Å². The number of nitrogens with one attached hydrogen (secondary N) is 1. The van der Waals surface area contributed by atoms with E-state index in [0.717, 1.165) is 22.4 Å².